The number of nitrogens with zero attached hydrogens (tertiary/aromatic N) is 4. The van der Waals surface area contributed by atoms with E-state index in [0.717, 1.165) is 0 Å². The summed E-state index contributed by atoms with van der Waals surface area (Å²) >= 11 is 0. The standard InChI is InChI=1S/C20H14FN5O2/c21-15-4-1-3-14(11-15)20(27)25-16-5-7-17(8-6-16)28-19-12-18(22-13-23-19)26-10-2-9-24-26/h1-13H,(H,25,27). The molecule has 1 N–H and O–H groups in total. The lowest BCUT2D eigenvalue weighted by atomic mass is 10.2. The molecule has 1 amide bonds. The summed E-state index contributed by atoms with van der Waals surface area (Å²) in [5.41, 5.74) is 0.800. The molecule has 0 aliphatic heterocycles. The Morgan fingerprint density at radius 1 is 1.04 bits per heavy atom. The van der Waals surface area contributed by atoms with Crippen molar-refractivity contribution < 1.29 is 13.9 Å². The van der Waals surface area contributed by atoms with Crippen LogP contribution >= 0.6 is 0 Å². The Balaban J connectivity index is 1.44. The highest BCUT2D eigenvalue weighted by molar-refractivity contribution is 6.04. The summed E-state index contributed by atoms with van der Waals surface area (Å²) in [7, 11) is 0. The van der Waals surface area contributed by atoms with Crippen LogP contribution in [0.25, 0.3) is 5.82 Å². The average Bonchev–Trinajstić information content (AvgIpc) is 3.25. The monoisotopic (exact) mass is 375 g/mol. The van der Waals surface area contributed by atoms with Gasteiger partial charge in [-0.3, -0.25) is 4.79 Å². The molecule has 138 valence electrons. The Morgan fingerprint density at radius 2 is 1.89 bits per heavy atom. The van der Waals surface area contributed by atoms with E-state index in [2.05, 4.69) is 20.4 Å². The number of amides is 1. The summed E-state index contributed by atoms with van der Waals surface area (Å²) in [4.78, 5) is 20.4. The number of hydrogen-bond acceptors (Lipinski definition) is 5. The lowest BCUT2D eigenvalue weighted by Gasteiger charge is -2.08. The summed E-state index contributed by atoms with van der Waals surface area (Å²) in [6.45, 7) is 0. The van der Waals surface area contributed by atoms with E-state index in [1.54, 1.807) is 59.5 Å². The van der Waals surface area contributed by atoms with Gasteiger partial charge in [-0.2, -0.15) is 5.10 Å². The van der Waals surface area contributed by atoms with Crippen LogP contribution in [-0.2, 0) is 0 Å². The molecule has 7 nitrogen and oxygen atoms in total. The molecular formula is C20H14FN5O2. The minimum atomic E-state index is -0.462. The zero-order chi connectivity index (χ0) is 19.3. The lowest BCUT2D eigenvalue weighted by Crippen LogP contribution is -2.11. The first-order chi connectivity index (χ1) is 13.7. The number of anilines is 1. The largest absolute Gasteiger partial charge is 0.439 e. The molecule has 0 spiro atoms. The first kappa shape index (κ1) is 17.3. The van der Waals surface area contributed by atoms with Crippen molar-refractivity contribution in [2.24, 2.45) is 0 Å². The predicted octanol–water partition coefficient (Wildman–Crippen LogP) is 3.85. The van der Waals surface area contributed by atoms with Gasteiger partial charge in [-0.25, -0.2) is 19.0 Å². The highest BCUT2D eigenvalue weighted by Crippen LogP contribution is 2.22. The number of aromatic nitrogens is 4. The van der Waals surface area contributed by atoms with Crippen molar-refractivity contribution in [3.63, 3.8) is 0 Å². The molecule has 2 heterocycles. The van der Waals surface area contributed by atoms with E-state index in [1.807, 2.05) is 0 Å². The molecular weight excluding hydrogens is 361 g/mol. The van der Waals surface area contributed by atoms with Gasteiger partial charge >= 0.3 is 0 Å². The molecule has 0 bridgehead atoms. The molecule has 4 rings (SSSR count). The van der Waals surface area contributed by atoms with Gasteiger partial charge in [0.1, 0.15) is 17.9 Å². The number of hydrogen-bond donors (Lipinski definition) is 1. The second-order valence-corrected chi connectivity index (χ2v) is 5.76. The first-order valence-corrected chi connectivity index (χ1v) is 8.34. The summed E-state index contributed by atoms with van der Waals surface area (Å²) in [5, 5.41) is 6.82. The van der Waals surface area contributed by atoms with Gasteiger partial charge in [-0.1, -0.05) is 6.07 Å². The van der Waals surface area contributed by atoms with E-state index in [-0.39, 0.29) is 5.56 Å². The van der Waals surface area contributed by atoms with Crippen molar-refractivity contribution in [3.05, 3.63) is 90.8 Å². The van der Waals surface area contributed by atoms with Crippen LogP contribution in [0.4, 0.5) is 10.1 Å². The van der Waals surface area contributed by atoms with Crippen LogP contribution in [-0.4, -0.2) is 25.7 Å². The number of carbonyl (C=O) groups is 1. The van der Waals surface area contributed by atoms with E-state index in [1.165, 1.54) is 24.5 Å². The van der Waals surface area contributed by atoms with Crippen LogP contribution in [0.3, 0.4) is 0 Å². The SMILES string of the molecule is O=C(Nc1ccc(Oc2cc(-n3cccn3)ncn2)cc1)c1cccc(F)c1. The minimum absolute atomic E-state index is 0.243. The van der Waals surface area contributed by atoms with Crippen molar-refractivity contribution in [1.82, 2.24) is 19.7 Å². The number of benzene rings is 2. The fraction of sp³-hybridized carbons (Fsp3) is 0. The van der Waals surface area contributed by atoms with Gasteiger partial charge in [-0.05, 0) is 48.5 Å². The Bertz CT molecular complexity index is 1100. The summed E-state index contributed by atoms with van der Waals surface area (Å²) in [6.07, 6.45) is 4.81. The van der Waals surface area contributed by atoms with E-state index in [4.69, 9.17) is 4.74 Å². The van der Waals surface area contributed by atoms with Crippen LogP contribution in [0.15, 0.2) is 79.4 Å². The molecule has 28 heavy (non-hydrogen) atoms. The Hall–Kier alpha value is -4.07. The third-order valence-corrected chi connectivity index (χ3v) is 3.79. The van der Waals surface area contributed by atoms with Crippen molar-refractivity contribution in [2.45, 2.75) is 0 Å². The highest BCUT2D eigenvalue weighted by atomic mass is 19.1. The molecule has 0 saturated carbocycles. The van der Waals surface area contributed by atoms with E-state index < -0.39 is 11.7 Å². The highest BCUT2D eigenvalue weighted by Gasteiger charge is 2.08. The molecule has 4 aromatic rings. The number of nitrogens with one attached hydrogen (secondary N) is 1. The van der Waals surface area contributed by atoms with Gasteiger partial charge in [0, 0.05) is 29.7 Å². The maximum absolute atomic E-state index is 13.2. The molecule has 0 aliphatic rings. The fourth-order valence-corrected chi connectivity index (χ4v) is 2.48. The summed E-state index contributed by atoms with van der Waals surface area (Å²) in [6, 6.07) is 15.7. The number of ether oxygens (including phenoxy) is 1. The smallest absolute Gasteiger partial charge is 0.255 e. The van der Waals surface area contributed by atoms with Crippen molar-refractivity contribution in [2.75, 3.05) is 5.32 Å². The first-order valence-electron chi connectivity index (χ1n) is 8.34. The molecule has 0 unspecified atom stereocenters. The van der Waals surface area contributed by atoms with Crippen LogP contribution in [0.5, 0.6) is 11.6 Å². The zero-order valence-electron chi connectivity index (χ0n) is 14.5. The maximum atomic E-state index is 13.2. The molecule has 2 aromatic carbocycles. The van der Waals surface area contributed by atoms with Gasteiger partial charge in [0.25, 0.3) is 5.91 Å². The van der Waals surface area contributed by atoms with Crippen molar-refractivity contribution in [1.29, 1.82) is 0 Å². The van der Waals surface area contributed by atoms with E-state index >= 15 is 0 Å². The maximum Gasteiger partial charge on any atom is 0.255 e. The third kappa shape index (κ3) is 4.01. The van der Waals surface area contributed by atoms with Crippen LogP contribution in [0, 0.1) is 5.82 Å². The fourth-order valence-electron chi connectivity index (χ4n) is 2.48. The average molecular weight is 375 g/mol. The van der Waals surface area contributed by atoms with Gasteiger partial charge in [0.2, 0.25) is 5.88 Å². The van der Waals surface area contributed by atoms with Crippen molar-refractivity contribution >= 4 is 11.6 Å². The molecule has 2 aromatic heterocycles. The summed E-state index contributed by atoms with van der Waals surface area (Å²) in [5.74, 6) is 0.614. The van der Waals surface area contributed by atoms with Crippen molar-refractivity contribution in [3.8, 4) is 17.4 Å². The van der Waals surface area contributed by atoms with Crippen LogP contribution in [0.1, 0.15) is 10.4 Å². The van der Waals surface area contributed by atoms with E-state index in [0.29, 0.717) is 23.1 Å². The van der Waals surface area contributed by atoms with Gasteiger partial charge in [-0.15, -0.1) is 0 Å². The number of halogens is 1. The Kier molecular flexibility index (Phi) is 4.75. The van der Waals surface area contributed by atoms with Gasteiger partial charge in [0.05, 0.1) is 0 Å². The number of carbonyl (C=O) groups excluding carboxylic acids is 1. The minimum Gasteiger partial charge on any atom is -0.439 e. The summed E-state index contributed by atoms with van der Waals surface area (Å²) < 4.78 is 20.6. The Morgan fingerprint density at radius 3 is 2.64 bits per heavy atom. The molecule has 0 atom stereocenters. The predicted molar refractivity (Wildman–Crippen MR) is 100 cm³/mol. The second kappa shape index (κ2) is 7.67. The molecule has 0 saturated heterocycles. The zero-order valence-corrected chi connectivity index (χ0v) is 14.5. The van der Waals surface area contributed by atoms with Gasteiger partial charge < -0.3 is 10.1 Å². The number of rotatable bonds is 5. The van der Waals surface area contributed by atoms with Crippen LogP contribution < -0.4 is 10.1 Å². The van der Waals surface area contributed by atoms with E-state index in [9.17, 15) is 9.18 Å². The second-order valence-electron chi connectivity index (χ2n) is 5.76. The van der Waals surface area contributed by atoms with Gasteiger partial charge in [0.15, 0.2) is 5.82 Å². The molecule has 0 aliphatic carbocycles. The normalized spacial score (nSPS) is 10.5. The molecule has 8 heteroatoms. The lowest BCUT2D eigenvalue weighted by molar-refractivity contribution is 0.102. The van der Waals surface area contributed by atoms with Crippen LogP contribution in [0.2, 0.25) is 0 Å². The third-order valence-electron chi connectivity index (χ3n) is 3.79. The molecule has 0 radical (unpaired) electrons. The topological polar surface area (TPSA) is 81.9 Å². The quantitative estimate of drug-likeness (QED) is 0.573. The molecule has 0 fully saturated rings. The Labute approximate surface area is 159 Å².